The Morgan fingerprint density at radius 3 is 2.45 bits per heavy atom. The normalized spacial score (nSPS) is 15.2. The molecule has 31 heavy (non-hydrogen) atoms. The van der Waals surface area contributed by atoms with Gasteiger partial charge in [0.05, 0.1) is 0 Å². The molecule has 1 saturated heterocycles. The number of ether oxygens (including phenoxy) is 1. The molecule has 2 heterocycles. The lowest BCUT2D eigenvalue weighted by atomic mass is 10.0. The zero-order valence-corrected chi connectivity index (χ0v) is 18.6. The van der Waals surface area contributed by atoms with Crippen LogP contribution in [0.5, 0.6) is 11.5 Å². The number of halogens is 2. The number of likely N-dealkylation sites (tertiary alicyclic amines) is 1. The fourth-order valence-corrected chi connectivity index (χ4v) is 4.41. The monoisotopic (exact) mass is 459 g/mol. The molecule has 0 unspecified atom stereocenters. The fourth-order valence-electron chi connectivity index (χ4n) is 3.90. The van der Waals surface area contributed by atoms with E-state index in [-0.39, 0.29) is 17.3 Å². The third-order valence-electron chi connectivity index (χ3n) is 5.47. The highest BCUT2D eigenvalue weighted by molar-refractivity contribution is 6.34. The van der Waals surface area contributed by atoms with Crippen LogP contribution >= 0.6 is 23.2 Å². The molecule has 1 aromatic heterocycles. The van der Waals surface area contributed by atoms with Gasteiger partial charge in [0, 0.05) is 47.5 Å². The Labute approximate surface area is 190 Å². The molecule has 6 nitrogen and oxygen atoms in total. The van der Waals surface area contributed by atoms with E-state index < -0.39 is 0 Å². The summed E-state index contributed by atoms with van der Waals surface area (Å²) in [7, 11) is 0. The summed E-state index contributed by atoms with van der Waals surface area (Å²) in [6, 6.07) is 13.2. The maximum absolute atomic E-state index is 12.2. The number of hydrogen-bond acceptors (Lipinski definition) is 4. The average Bonchev–Trinajstić information content (AvgIpc) is 2.71. The maximum atomic E-state index is 12.2. The van der Waals surface area contributed by atoms with Crippen molar-refractivity contribution < 1.29 is 4.74 Å². The predicted octanol–water partition coefficient (Wildman–Crippen LogP) is 4.78. The molecule has 8 heteroatoms. The van der Waals surface area contributed by atoms with E-state index in [0.717, 1.165) is 43.8 Å². The largest absolute Gasteiger partial charge is 0.457 e. The molecule has 162 valence electrons. The minimum absolute atomic E-state index is 0.0987. The van der Waals surface area contributed by atoms with Crippen LogP contribution in [0.25, 0.3) is 0 Å². The number of nitrogens with zero attached hydrogens (tertiary/aromatic N) is 2. The molecule has 1 aliphatic heterocycles. The lowest BCUT2D eigenvalue weighted by molar-refractivity contribution is 0.177. The van der Waals surface area contributed by atoms with Crippen LogP contribution in [0.1, 0.15) is 30.0 Å². The number of aryl methyl sites for hydroxylation is 1. The second-order valence-corrected chi connectivity index (χ2v) is 8.71. The zero-order valence-electron chi connectivity index (χ0n) is 17.1. The Kier molecular flexibility index (Phi) is 6.51. The van der Waals surface area contributed by atoms with Gasteiger partial charge in [0.2, 0.25) is 0 Å². The molecule has 2 aromatic carbocycles. The van der Waals surface area contributed by atoms with Crippen LogP contribution in [0, 0.1) is 6.92 Å². The average molecular weight is 460 g/mol. The van der Waals surface area contributed by atoms with Gasteiger partial charge in [-0.1, -0.05) is 35.3 Å². The van der Waals surface area contributed by atoms with Crippen molar-refractivity contribution in [3.63, 3.8) is 0 Å². The lowest BCUT2D eigenvalue weighted by Gasteiger charge is -2.32. The Hall–Kier alpha value is -2.54. The minimum Gasteiger partial charge on any atom is -0.457 e. The van der Waals surface area contributed by atoms with E-state index in [1.165, 1.54) is 0 Å². The molecule has 0 bridgehead atoms. The Balaban J connectivity index is 1.39. The summed E-state index contributed by atoms with van der Waals surface area (Å²) >= 11 is 12.1. The second kappa shape index (κ2) is 9.30. The highest BCUT2D eigenvalue weighted by Gasteiger charge is 2.22. The summed E-state index contributed by atoms with van der Waals surface area (Å²) < 4.78 is 7.59. The standard InChI is InChI=1S/C23H23Cl2N3O3/c1-15-13-28(23(30)26-22(15)29)19-5-7-27(8-6-19)14-16-3-2-4-20(9-16)31-21-11-17(24)10-18(25)12-21/h2-4,9-13,19H,5-8,14H2,1H3,(H,26,29,30). The number of benzene rings is 2. The van der Waals surface area contributed by atoms with E-state index in [2.05, 4.69) is 16.0 Å². The van der Waals surface area contributed by atoms with Crippen molar-refractivity contribution in [3.05, 3.63) is 90.7 Å². The number of aromatic nitrogens is 2. The predicted molar refractivity (Wildman–Crippen MR) is 123 cm³/mol. The topological polar surface area (TPSA) is 67.3 Å². The van der Waals surface area contributed by atoms with E-state index >= 15 is 0 Å². The third kappa shape index (κ3) is 5.39. The summed E-state index contributed by atoms with van der Waals surface area (Å²) in [5.41, 5.74) is 1.04. The van der Waals surface area contributed by atoms with Gasteiger partial charge in [-0.2, -0.15) is 0 Å². The SMILES string of the molecule is Cc1cn(C2CCN(Cc3cccc(Oc4cc(Cl)cc(Cl)c4)c3)CC2)c(=O)[nH]c1=O. The van der Waals surface area contributed by atoms with Gasteiger partial charge < -0.3 is 4.74 Å². The first kappa shape index (κ1) is 21.7. The van der Waals surface area contributed by atoms with E-state index in [1.807, 2.05) is 18.2 Å². The Bertz CT molecular complexity index is 1180. The summed E-state index contributed by atoms with van der Waals surface area (Å²) in [6.45, 7) is 4.24. The fraction of sp³-hybridized carbons (Fsp3) is 0.304. The van der Waals surface area contributed by atoms with Crippen molar-refractivity contribution in [2.45, 2.75) is 32.4 Å². The van der Waals surface area contributed by atoms with Gasteiger partial charge in [0.1, 0.15) is 11.5 Å². The highest BCUT2D eigenvalue weighted by atomic mass is 35.5. The molecule has 0 aliphatic carbocycles. The number of piperidine rings is 1. The van der Waals surface area contributed by atoms with Gasteiger partial charge in [-0.25, -0.2) is 4.79 Å². The molecule has 1 fully saturated rings. The molecule has 4 rings (SSSR count). The van der Waals surface area contributed by atoms with E-state index in [4.69, 9.17) is 27.9 Å². The maximum Gasteiger partial charge on any atom is 0.328 e. The van der Waals surface area contributed by atoms with E-state index in [9.17, 15) is 9.59 Å². The molecule has 0 spiro atoms. The van der Waals surface area contributed by atoms with Crippen molar-refractivity contribution >= 4 is 23.2 Å². The summed E-state index contributed by atoms with van der Waals surface area (Å²) in [4.78, 5) is 28.5. The van der Waals surface area contributed by atoms with Gasteiger partial charge in [0.25, 0.3) is 5.56 Å². The number of nitrogens with one attached hydrogen (secondary N) is 1. The van der Waals surface area contributed by atoms with Gasteiger partial charge in [0.15, 0.2) is 0 Å². The third-order valence-corrected chi connectivity index (χ3v) is 5.91. The van der Waals surface area contributed by atoms with Crippen molar-refractivity contribution in [3.8, 4) is 11.5 Å². The quantitative estimate of drug-likeness (QED) is 0.595. The molecular weight excluding hydrogens is 437 g/mol. The number of rotatable bonds is 5. The van der Waals surface area contributed by atoms with Crippen LogP contribution in [-0.2, 0) is 6.54 Å². The Morgan fingerprint density at radius 1 is 1.03 bits per heavy atom. The summed E-state index contributed by atoms with van der Waals surface area (Å²) in [5.74, 6) is 1.32. The molecule has 0 amide bonds. The molecule has 1 aliphatic rings. The summed E-state index contributed by atoms with van der Waals surface area (Å²) in [6.07, 6.45) is 3.37. The van der Waals surface area contributed by atoms with Gasteiger partial charge in [-0.15, -0.1) is 0 Å². The van der Waals surface area contributed by atoms with Gasteiger partial charge >= 0.3 is 5.69 Å². The van der Waals surface area contributed by atoms with Crippen LogP contribution in [0.15, 0.2) is 58.3 Å². The first-order valence-electron chi connectivity index (χ1n) is 10.1. The number of aromatic amines is 1. The van der Waals surface area contributed by atoms with Crippen LogP contribution < -0.4 is 16.0 Å². The first-order valence-corrected chi connectivity index (χ1v) is 10.9. The van der Waals surface area contributed by atoms with Crippen molar-refractivity contribution in [2.75, 3.05) is 13.1 Å². The molecular formula is C23H23Cl2N3O3. The number of H-pyrrole nitrogens is 1. The molecule has 0 atom stereocenters. The number of hydrogen-bond donors (Lipinski definition) is 1. The van der Waals surface area contributed by atoms with Crippen LogP contribution in [0.2, 0.25) is 10.0 Å². The minimum atomic E-state index is -0.333. The van der Waals surface area contributed by atoms with E-state index in [0.29, 0.717) is 21.4 Å². The molecule has 0 saturated carbocycles. The zero-order chi connectivity index (χ0) is 22.0. The summed E-state index contributed by atoms with van der Waals surface area (Å²) in [5, 5.41) is 1.05. The van der Waals surface area contributed by atoms with Crippen molar-refractivity contribution in [1.29, 1.82) is 0 Å². The molecule has 0 radical (unpaired) electrons. The van der Waals surface area contributed by atoms with Crippen molar-refractivity contribution in [2.24, 2.45) is 0 Å². The lowest BCUT2D eigenvalue weighted by Crippen LogP contribution is -2.39. The van der Waals surface area contributed by atoms with Crippen LogP contribution in [0.4, 0.5) is 0 Å². The van der Waals surface area contributed by atoms with Crippen LogP contribution in [0.3, 0.4) is 0 Å². The van der Waals surface area contributed by atoms with Gasteiger partial charge in [-0.3, -0.25) is 19.2 Å². The second-order valence-electron chi connectivity index (χ2n) is 7.84. The van der Waals surface area contributed by atoms with Crippen molar-refractivity contribution in [1.82, 2.24) is 14.5 Å². The molecule has 1 N–H and O–H groups in total. The van der Waals surface area contributed by atoms with Crippen LogP contribution in [-0.4, -0.2) is 27.5 Å². The first-order chi connectivity index (χ1) is 14.9. The van der Waals surface area contributed by atoms with E-state index in [1.54, 1.807) is 35.9 Å². The van der Waals surface area contributed by atoms with Gasteiger partial charge in [-0.05, 0) is 55.7 Å². The molecule has 3 aromatic rings. The highest BCUT2D eigenvalue weighted by Crippen LogP contribution is 2.29. The Morgan fingerprint density at radius 2 is 1.74 bits per heavy atom. The smallest absolute Gasteiger partial charge is 0.328 e.